The van der Waals surface area contributed by atoms with Crippen LogP contribution in [0.4, 0.5) is 14.7 Å². The molecule has 18 nitrogen and oxygen atoms in total. The molecule has 0 radical (unpaired) electrons. The Bertz CT molecular complexity index is 1260. The average Bonchev–Trinajstić information content (AvgIpc) is 3.37. The third kappa shape index (κ3) is 6.53. The number of carbonyl (C=O) groups is 6. The van der Waals surface area contributed by atoms with Gasteiger partial charge in [0.05, 0.1) is 6.42 Å². The Hall–Kier alpha value is -4.43. The van der Waals surface area contributed by atoms with Gasteiger partial charge in [0.2, 0.25) is 5.13 Å². The summed E-state index contributed by atoms with van der Waals surface area (Å²) < 4.78 is 9.39. The van der Waals surface area contributed by atoms with Crippen LogP contribution in [0.1, 0.15) is 12.1 Å². The number of thioether (sulfide) groups is 1. The van der Waals surface area contributed by atoms with Crippen molar-refractivity contribution in [2.75, 3.05) is 31.1 Å². The van der Waals surface area contributed by atoms with E-state index in [2.05, 4.69) is 20.2 Å². The molecular weight excluding hydrogens is 566 g/mol. The van der Waals surface area contributed by atoms with Crippen molar-refractivity contribution in [3.05, 3.63) is 22.3 Å². The summed E-state index contributed by atoms with van der Waals surface area (Å²) in [6.45, 7) is -0.845. The van der Waals surface area contributed by atoms with Crippen LogP contribution >= 0.6 is 23.1 Å². The average molecular weight is 588 g/mol. The summed E-state index contributed by atoms with van der Waals surface area (Å²) in [5, 5.41) is 25.2. The molecule has 0 bridgehead atoms. The summed E-state index contributed by atoms with van der Waals surface area (Å²) in [4.78, 5) is 80.8. The summed E-state index contributed by atoms with van der Waals surface area (Å²) in [6.07, 6.45) is -2.64. The lowest BCUT2D eigenvalue weighted by atomic mass is 10.0. The summed E-state index contributed by atoms with van der Waals surface area (Å²) >= 11 is 1.95. The number of carboxylic acid groups (broad SMARTS) is 2. The molecule has 0 aliphatic carbocycles. The van der Waals surface area contributed by atoms with Crippen molar-refractivity contribution in [3.63, 3.8) is 0 Å². The molecule has 0 unspecified atom stereocenters. The van der Waals surface area contributed by atoms with Crippen molar-refractivity contribution in [3.8, 4) is 0 Å². The van der Waals surface area contributed by atoms with Gasteiger partial charge in [-0.25, -0.2) is 25.2 Å². The van der Waals surface area contributed by atoms with E-state index in [1.165, 1.54) is 5.38 Å². The van der Waals surface area contributed by atoms with E-state index in [0.29, 0.717) is 5.01 Å². The molecule has 39 heavy (non-hydrogen) atoms. The van der Waals surface area contributed by atoms with Crippen LogP contribution in [0.5, 0.6) is 0 Å². The van der Waals surface area contributed by atoms with Gasteiger partial charge in [-0.1, -0.05) is 5.16 Å². The zero-order valence-electron chi connectivity index (χ0n) is 19.9. The Morgan fingerprint density at radius 1 is 1.28 bits per heavy atom. The van der Waals surface area contributed by atoms with Gasteiger partial charge in [0.1, 0.15) is 43.1 Å². The third-order valence-electron chi connectivity index (χ3n) is 5.00. The standard InChI is InChI=1S/C19H21N7O11S2/c1-35-24-10(8-6-39-18(22-8)26(21)19(34)36-3-2-9(27)28)13(29)23-11-14(30)25-12(16(31)32)7(4-37-17(20)33)5-38-15(11)25/h6,11,15H,2-5,21H2,1H3,(H2,20,33)(H,23,29)(H,27,28)(H,31,32)/b24-10+/t11-,15-/m1/s1. The van der Waals surface area contributed by atoms with Gasteiger partial charge in [-0.15, -0.1) is 23.1 Å². The molecule has 2 aliphatic heterocycles. The molecule has 0 saturated carbocycles. The van der Waals surface area contributed by atoms with Gasteiger partial charge in [-0.3, -0.25) is 19.3 Å². The number of nitrogens with zero attached hydrogens (tertiary/aromatic N) is 4. The van der Waals surface area contributed by atoms with Gasteiger partial charge >= 0.3 is 24.1 Å². The predicted molar refractivity (Wildman–Crippen MR) is 131 cm³/mol. The highest BCUT2D eigenvalue weighted by Crippen LogP contribution is 2.40. The van der Waals surface area contributed by atoms with Crippen molar-refractivity contribution < 1.29 is 53.3 Å². The first-order valence-electron chi connectivity index (χ1n) is 10.6. The largest absolute Gasteiger partial charge is 0.481 e. The Morgan fingerprint density at radius 2 is 2.00 bits per heavy atom. The quantitative estimate of drug-likeness (QED) is 0.0656. The van der Waals surface area contributed by atoms with E-state index in [9.17, 15) is 33.9 Å². The van der Waals surface area contributed by atoms with Crippen LogP contribution in [0, 0.1) is 0 Å². The number of hydrogen-bond acceptors (Lipinski definition) is 14. The summed E-state index contributed by atoms with van der Waals surface area (Å²) in [7, 11) is 1.16. The summed E-state index contributed by atoms with van der Waals surface area (Å²) in [6, 6.07) is -1.13. The van der Waals surface area contributed by atoms with Crippen LogP contribution in [0.25, 0.3) is 0 Å². The highest BCUT2D eigenvalue weighted by molar-refractivity contribution is 8.00. The van der Waals surface area contributed by atoms with Crippen molar-refractivity contribution in [1.82, 2.24) is 15.2 Å². The molecule has 4 amide bonds. The number of aromatic nitrogens is 1. The van der Waals surface area contributed by atoms with Gasteiger partial charge in [0.15, 0.2) is 5.71 Å². The topological polar surface area (TPSA) is 266 Å². The second-order valence-corrected chi connectivity index (χ2v) is 9.43. The molecule has 0 spiro atoms. The molecule has 20 heteroatoms. The Kier molecular flexibility index (Phi) is 9.27. The number of anilines is 1. The van der Waals surface area contributed by atoms with Crippen LogP contribution in [0.3, 0.4) is 0 Å². The lowest BCUT2D eigenvalue weighted by Crippen LogP contribution is -2.71. The minimum atomic E-state index is -1.43. The van der Waals surface area contributed by atoms with E-state index >= 15 is 0 Å². The SMILES string of the molecule is CO/N=C(/C(=O)N[C@@H]1C(=O)N2C(C(=O)O)=C(COC(N)=O)CS[C@H]12)c1csc(N(N)C(=O)OCCC(=O)O)n1. The number of carboxylic acids is 2. The molecular formula is C19H21N7O11S2. The smallest absolute Gasteiger partial charge is 0.430 e. The molecule has 3 heterocycles. The Labute approximate surface area is 226 Å². The maximum absolute atomic E-state index is 13.0. The minimum absolute atomic E-state index is 0.0824. The number of aliphatic carboxylic acids is 2. The van der Waals surface area contributed by atoms with Crippen molar-refractivity contribution in [2.24, 2.45) is 16.7 Å². The molecule has 0 aromatic carbocycles. The van der Waals surface area contributed by atoms with E-state index < -0.39 is 67.0 Å². The third-order valence-corrected chi connectivity index (χ3v) is 7.18. The first kappa shape index (κ1) is 29.1. The van der Waals surface area contributed by atoms with Crippen LogP contribution in [-0.2, 0) is 33.5 Å². The predicted octanol–water partition coefficient (Wildman–Crippen LogP) is -1.38. The highest BCUT2D eigenvalue weighted by atomic mass is 32.2. The van der Waals surface area contributed by atoms with Gasteiger partial charge < -0.3 is 35.6 Å². The van der Waals surface area contributed by atoms with Crippen molar-refractivity contribution >= 4 is 69.9 Å². The second-order valence-electron chi connectivity index (χ2n) is 7.49. The van der Waals surface area contributed by atoms with E-state index in [4.69, 9.17) is 26.3 Å². The Balaban J connectivity index is 1.71. The molecule has 210 valence electrons. The molecule has 3 rings (SSSR count). The van der Waals surface area contributed by atoms with E-state index in [1.807, 2.05) is 0 Å². The van der Waals surface area contributed by atoms with Gasteiger partial charge in [-0.05, 0) is 0 Å². The lowest BCUT2D eigenvalue weighted by Gasteiger charge is -2.49. The number of β-lactam (4-membered cyclic amide) rings is 1. The van der Waals surface area contributed by atoms with Crippen LogP contribution in [0.15, 0.2) is 21.8 Å². The fourth-order valence-electron chi connectivity index (χ4n) is 3.31. The monoisotopic (exact) mass is 587 g/mol. The number of thiazole rings is 1. The number of hydrazine groups is 1. The highest BCUT2D eigenvalue weighted by Gasteiger charge is 2.54. The normalized spacial score (nSPS) is 18.5. The molecule has 7 N–H and O–H groups in total. The number of rotatable bonds is 11. The number of ether oxygens (including phenoxy) is 2. The van der Waals surface area contributed by atoms with Crippen LogP contribution in [0.2, 0.25) is 0 Å². The van der Waals surface area contributed by atoms with Crippen LogP contribution < -0.4 is 21.9 Å². The van der Waals surface area contributed by atoms with E-state index in [-0.39, 0.29) is 33.6 Å². The molecule has 1 aromatic rings. The minimum Gasteiger partial charge on any atom is -0.481 e. The number of nitrogens with one attached hydrogen (secondary N) is 1. The lowest BCUT2D eigenvalue weighted by molar-refractivity contribution is -0.150. The molecule has 1 saturated heterocycles. The van der Waals surface area contributed by atoms with E-state index in [1.54, 1.807) is 0 Å². The Morgan fingerprint density at radius 3 is 2.62 bits per heavy atom. The maximum atomic E-state index is 13.0. The number of primary amides is 1. The van der Waals surface area contributed by atoms with Gasteiger partial charge in [-0.2, -0.15) is 5.01 Å². The molecule has 2 aliphatic rings. The maximum Gasteiger partial charge on any atom is 0.430 e. The molecule has 2 atom stereocenters. The number of fused-ring (bicyclic) bond motifs is 1. The summed E-state index contributed by atoms with van der Waals surface area (Å²) in [5.74, 6) is 1.50. The first-order valence-corrected chi connectivity index (χ1v) is 12.5. The number of hydrogen-bond donors (Lipinski definition) is 5. The molecule has 1 fully saturated rings. The van der Waals surface area contributed by atoms with Crippen molar-refractivity contribution in [1.29, 1.82) is 0 Å². The van der Waals surface area contributed by atoms with E-state index in [0.717, 1.165) is 35.1 Å². The fraction of sp³-hybridized carbons (Fsp3) is 0.368. The second kappa shape index (κ2) is 12.4. The number of carbonyl (C=O) groups excluding carboxylic acids is 4. The van der Waals surface area contributed by atoms with Gasteiger partial charge in [0.25, 0.3) is 11.8 Å². The number of nitrogens with two attached hydrogens (primary N) is 2. The van der Waals surface area contributed by atoms with Gasteiger partial charge in [0, 0.05) is 16.7 Å². The van der Waals surface area contributed by atoms with Crippen molar-refractivity contribution in [2.45, 2.75) is 17.8 Å². The zero-order chi connectivity index (χ0) is 28.9. The fourth-order valence-corrected chi connectivity index (χ4v) is 5.36. The zero-order valence-corrected chi connectivity index (χ0v) is 21.5. The number of amides is 4. The summed E-state index contributed by atoms with van der Waals surface area (Å²) in [5.41, 5.74) is 4.25. The number of oxime groups is 1. The molecule has 1 aromatic heterocycles. The van der Waals surface area contributed by atoms with Crippen LogP contribution in [-0.4, -0.2) is 99.2 Å². The first-order chi connectivity index (χ1) is 18.5.